The van der Waals surface area contributed by atoms with Crippen molar-refractivity contribution in [2.75, 3.05) is 0 Å². The van der Waals surface area contributed by atoms with Gasteiger partial charge in [0.05, 0.1) is 5.56 Å². The quantitative estimate of drug-likeness (QED) is 0.873. The molecule has 0 aliphatic heterocycles. The minimum Gasteiger partial charge on any atom is -0.324 e. The van der Waals surface area contributed by atoms with Gasteiger partial charge in [-0.05, 0) is 29.7 Å². The van der Waals surface area contributed by atoms with Crippen LogP contribution in [0.5, 0.6) is 0 Å². The van der Waals surface area contributed by atoms with E-state index in [4.69, 9.17) is 5.73 Å². The zero-order chi connectivity index (χ0) is 13.2. The monoisotopic (exact) mass is 309 g/mol. The second-order valence-electron chi connectivity index (χ2n) is 4.18. The summed E-state index contributed by atoms with van der Waals surface area (Å²) in [4.78, 5) is 0. The highest BCUT2D eigenvalue weighted by atomic mass is 79.9. The third kappa shape index (κ3) is 3.71. The first-order valence-electron chi connectivity index (χ1n) is 5.39. The molecule has 1 aromatic rings. The van der Waals surface area contributed by atoms with Crippen LogP contribution < -0.4 is 5.73 Å². The lowest BCUT2D eigenvalue weighted by molar-refractivity contribution is -0.137. The second-order valence-corrected chi connectivity index (χ2v) is 5.10. The average Bonchev–Trinajstić information content (AvgIpc) is 2.25. The van der Waals surface area contributed by atoms with Crippen molar-refractivity contribution in [1.82, 2.24) is 0 Å². The van der Waals surface area contributed by atoms with Gasteiger partial charge in [0.1, 0.15) is 0 Å². The van der Waals surface area contributed by atoms with Crippen molar-refractivity contribution < 1.29 is 13.2 Å². The van der Waals surface area contributed by atoms with Crippen LogP contribution in [0.3, 0.4) is 0 Å². The molecule has 0 heterocycles. The average molecular weight is 310 g/mol. The van der Waals surface area contributed by atoms with Crippen molar-refractivity contribution in [2.45, 2.75) is 32.5 Å². The SMILES string of the molecule is CCC(C)[C@H](N)c1cc(Br)cc(C(F)(F)F)c1. The number of alkyl halides is 3. The third-order valence-corrected chi connectivity index (χ3v) is 3.35. The maximum absolute atomic E-state index is 12.6. The van der Waals surface area contributed by atoms with E-state index in [2.05, 4.69) is 15.9 Å². The molecule has 0 amide bonds. The molecule has 0 aliphatic rings. The molecular weight excluding hydrogens is 295 g/mol. The molecule has 2 atom stereocenters. The Morgan fingerprint density at radius 3 is 2.35 bits per heavy atom. The summed E-state index contributed by atoms with van der Waals surface area (Å²) in [6, 6.07) is 3.46. The zero-order valence-corrected chi connectivity index (χ0v) is 11.3. The van der Waals surface area contributed by atoms with Gasteiger partial charge in [0, 0.05) is 10.5 Å². The number of hydrogen-bond donors (Lipinski definition) is 1. The Labute approximate surface area is 107 Å². The molecule has 0 spiro atoms. The van der Waals surface area contributed by atoms with Gasteiger partial charge >= 0.3 is 6.18 Å². The van der Waals surface area contributed by atoms with Crippen molar-refractivity contribution >= 4 is 15.9 Å². The largest absolute Gasteiger partial charge is 0.416 e. The van der Waals surface area contributed by atoms with Gasteiger partial charge in [-0.3, -0.25) is 0 Å². The van der Waals surface area contributed by atoms with Gasteiger partial charge in [0.15, 0.2) is 0 Å². The summed E-state index contributed by atoms with van der Waals surface area (Å²) in [5, 5.41) is 0. The Kier molecular flexibility index (Phi) is 4.61. The smallest absolute Gasteiger partial charge is 0.324 e. The van der Waals surface area contributed by atoms with Crippen molar-refractivity contribution in [1.29, 1.82) is 0 Å². The minimum atomic E-state index is -4.34. The van der Waals surface area contributed by atoms with Gasteiger partial charge in [0.2, 0.25) is 0 Å². The Morgan fingerprint density at radius 2 is 1.88 bits per heavy atom. The third-order valence-electron chi connectivity index (χ3n) is 2.89. The zero-order valence-electron chi connectivity index (χ0n) is 9.68. The predicted octanol–water partition coefficient (Wildman–Crippen LogP) is 4.51. The normalized spacial score (nSPS) is 15.7. The number of halogens is 4. The summed E-state index contributed by atoms with van der Waals surface area (Å²) in [7, 11) is 0. The molecule has 1 rings (SSSR count). The van der Waals surface area contributed by atoms with E-state index < -0.39 is 11.7 Å². The Bertz CT molecular complexity index is 390. The van der Waals surface area contributed by atoms with Crippen molar-refractivity contribution in [2.24, 2.45) is 11.7 Å². The first-order valence-corrected chi connectivity index (χ1v) is 6.18. The van der Waals surface area contributed by atoms with Gasteiger partial charge < -0.3 is 5.73 Å². The molecule has 2 N–H and O–H groups in total. The van der Waals surface area contributed by atoms with Crippen LogP contribution in [0.25, 0.3) is 0 Å². The lowest BCUT2D eigenvalue weighted by Crippen LogP contribution is -2.19. The summed E-state index contributed by atoms with van der Waals surface area (Å²) in [5.41, 5.74) is 5.79. The summed E-state index contributed by atoms with van der Waals surface area (Å²) in [5.74, 6) is 0.144. The molecule has 0 aromatic heterocycles. The topological polar surface area (TPSA) is 26.0 Å². The Morgan fingerprint density at radius 1 is 1.29 bits per heavy atom. The van der Waals surface area contributed by atoms with E-state index in [1.807, 2.05) is 13.8 Å². The van der Waals surface area contributed by atoms with Crippen LogP contribution >= 0.6 is 15.9 Å². The van der Waals surface area contributed by atoms with E-state index in [0.29, 0.717) is 10.0 Å². The minimum absolute atomic E-state index is 0.144. The molecule has 0 aliphatic carbocycles. The fourth-order valence-corrected chi connectivity index (χ4v) is 2.06. The van der Waals surface area contributed by atoms with Gasteiger partial charge in [-0.2, -0.15) is 13.2 Å². The van der Waals surface area contributed by atoms with Gasteiger partial charge in [-0.15, -0.1) is 0 Å². The van der Waals surface area contributed by atoms with E-state index in [9.17, 15) is 13.2 Å². The number of rotatable bonds is 3. The van der Waals surface area contributed by atoms with Crippen LogP contribution in [0, 0.1) is 5.92 Å². The molecule has 0 bridgehead atoms. The first kappa shape index (κ1) is 14.5. The molecule has 1 nitrogen and oxygen atoms in total. The maximum atomic E-state index is 12.6. The summed E-state index contributed by atoms with van der Waals surface area (Å²) < 4.78 is 38.3. The number of benzene rings is 1. The van der Waals surface area contributed by atoms with Crippen LogP contribution in [0.2, 0.25) is 0 Å². The van der Waals surface area contributed by atoms with Crippen molar-refractivity contribution in [3.63, 3.8) is 0 Å². The van der Waals surface area contributed by atoms with Crippen LogP contribution in [0.1, 0.15) is 37.4 Å². The van der Waals surface area contributed by atoms with Crippen LogP contribution in [0.4, 0.5) is 13.2 Å². The highest BCUT2D eigenvalue weighted by molar-refractivity contribution is 9.10. The summed E-state index contributed by atoms with van der Waals surface area (Å²) >= 11 is 3.09. The lowest BCUT2D eigenvalue weighted by Gasteiger charge is -2.20. The molecule has 0 saturated heterocycles. The summed E-state index contributed by atoms with van der Waals surface area (Å²) in [6.45, 7) is 3.89. The van der Waals surface area contributed by atoms with E-state index in [1.54, 1.807) is 6.07 Å². The van der Waals surface area contributed by atoms with E-state index in [0.717, 1.165) is 18.6 Å². The molecule has 1 aromatic carbocycles. The van der Waals surface area contributed by atoms with Crippen LogP contribution in [-0.2, 0) is 6.18 Å². The van der Waals surface area contributed by atoms with Crippen molar-refractivity contribution in [3.05, 3.63) is 33.8 Å². The van der Waals surface area contributed by atoms with E-state index >= 15 is 0 Å². The fourth-order valence-electron chi connectivity index (χ4n) is 1.55. The summed E-state index contributed by atoms with van der Waals surface area (Å²) in [6.07, 6.45) is -3.51. The predicted molar refractivity (Wildman–Crippen MR) is 65.5 cm³/mol. The standard InChI is InChI=1S/C12H15BrF3N/c1-3-7(2)11(17)8-4-9(12(14,15)16)6-10(13)5-8/h4-7,11H,3,17H2,1-2H3/t7?,11-/m0/s1. The highest BCUT2D eigenvalue weighted by Crippen LogP contribution is 2.34. The molecule has 96 valence electrons. The molecule has 17 heavy (non-hydrogen) atoms. The molecular formula is C12H15BrF3N. The molecule has 0 saturated carbocycles. The Hall–Kier alpha value is -0.550. The second kappa shape index (κ2) is 5.40. The van der Waals surface area contributed by atoms with Gasteiger partial charge in [0.25, 0.3) is 0 Å². The molecule has 5 heteroatoms. The van der Waals surface area contributed by atoms with E-state index in [-0.39, 0.29) is 12.0 Å². The first-order chi connectivity index (χ1) is 7.75. The number of nitrogens with two attached hydrogens (primary N) is 1. The Balaban J connectivity index is 3.14. The highest BCUT2D eigenvalue weighted by Gasteiger charge is 2.31. The van der Waals surface area contributed by atoms with Crippen molar-refractivity contribution in [3.8, 4) is 0 Å². The number of hydrogen-bond acceptors (Lipinski definition) is 1. The molecule has 0 fully saturated rings. The molecule has 1 unspecified atom stereocenters. The van der Waals surface area contributed by atoms with Gasteiger partial charge in [-0.25, -0.2) is 0 Å². The molecule has 0 radical (unpaired) electrons. The van der Waals surface area contributed by atoms with Crippen LogP contribution in [0.15, 0.2) is 22.7 Å². The van der Waals surface area contributed by atoms with E-state index in [1.165, 1.54) is 0 Å². The van der Waals surface area contributed by atoms with Gasteiger partial charge in [-0.1, -0.05) is 36.2 Å². The van der Waals surface area contributed by atoms with Crippen LogP contribution in [-0.4, -0.2) is 0 Å². The lowest BCUT2D eigenvalue weighted by atomic mass is 9.92. The maximum Gasteiger partial charge on any atom is 0.416 e. The fraction of sp³-hybridized carbons (Fsp3) is 0.500.